The van der Waals surface area contributed by atoms with Gasteiger partial charge in [0.25, 0.3) is 0 Å². The average molecular weight is 321 g/mol. The third-order valence-corrected chi connectivity index (χ3v) is 6.65. The Kier molecular flexibility index (Phi) is 5.45. The largest absolute Gasteiger partial charge is 0.373 e. The van der Waals surface area contributed by atoms with Crippen molar-refractivity contribution in [3.8, 4) is 0 Å². The van der Waals surface area contributed by atoms with E-state index in [2.05, 4.69) is 33.5 Å². The van der Waals surface area contributed by atoms with Gasteiger partial charge in [0.15, 0.2) is 0 Å². The molecule has 1 aromatic rings. The van der Waals surface area contributed by atoms with E-state index in [9.17, 15) is 4.79 Å². The van der Waals surface area contributed by atoms with Gasteiger partial charge < -0.3 is 0 Å². The summed E-state index contributed by atoms with van der Waals surface area (Å²) >= 11 is 0. The van der Waals surface area contributed by atoms with Crippen LogP contribution in [-0.2, 0) is 9.78 Å². The number of hydrogen-bond donors (Lipinski definition) is 0. The number of benzene rings is 1. The normalized spacial score (nSPS) is 25.8. The summed E-state index contributed by atoms with van der Waals surface area (Å²) in [5, 5.41) is 1.33. The molecule has 1 aromatic carbocycles. The van der Waals surface area contributed by atoms with Crippen LogP contribution in [-0.4, -0.2) is 20.1 Å². The molecule has 0 radical (unpaired) electrons. The van der Waals surface area contributed by atoms with E-state index in [1.807, 2.05) is 24.3 Å². The van der Waals surface area contributed by atoms with Gasteiger partial charge in [-0.3, -0.25) is 4.89 Å². The highest BCUT2D eigenvalue weighted by Crippen LogP contribution is 2.30. The van der Waals surface area contributed by atoms with Gasteiger partial charge >= 0.3 is 5.97 Å². The molecular formula is C18H28O3Si. The minimum Gasteiger partial charge on any atom is -0.293 e. The first-order chi connectivity index (χ1) is 10.3. The lowest BCUT2D eigenvalue weighted by Gasteiger charge is -2.30. The molecular weight excluding hydrogens is 292 g/mol. The topological polar surface area (TPSA) is 35.5 Å². The maximum atomic E-state index is 12.1. The SMILES string of the molecule is CC1CCC(OOC(=O)c2ccc([Si](C)(C)C)cc2)C(C)C1. The molecule has 3 atom stereocenters. The molecule has 3 nitrogen and oxygen atoms in total. The summed E-state index contributed by atoms with van der Waals surface area (Å²) in [6.45, 7) is 11.3. The Morgan fingerprint density at radius 2 is 1.73 bits per heavy atom. The van der Waals surface area contributed by atoms with Crippen molar-refractivity contribution in [2.75, 3.05) is 0 Å². The molecule has 0 saturated heterocycles. The Morgan fingerprint density at radius 1 is 1.09 bits per heavy atom. The van der Waals surface area contributed by atoms with Gasteiger partial charge in [0.05, 0.1) is 13.6 Å². The van der Waals surface area contributed by atoms with Gasteiger partial charge in [-0.25, -0.2) is 4.79 Å². The molecule has 122 valence electrons. The van der Waals surface area contributed by atoms with Crippen molar-refractivity contribution in [3.63, 3.8) is 0 Å². The van der Waals surface area contributed by atoms with Gasteiger partial charge in [-0.1, -0.05) is 50.8 Å². The Hall–Kier alpha value is -1.13. The summed E-state index contributed by atoms with van der Waals surface area (Å²) < 4.78 is 0. The summed E-state index contributed by atoms with van der Waals surface area (Å²) in [6, 6.07) is 7.75. The molecule has 0 N–H and O–H groups in total. The first-order valence-corrected chi connectivity index (χ1v) is 11.8. The molecule has 0 spiro atoms. The maximum Gasteiger partial charge on any atom is 0.373 e. The predicted molar refractivity (Wildman–Crippen MR) is 91.9 cm³/mol. The van der Waals surface area contributed by atoms with Gasteiger partial charge in [-0.2, -0.15) is 4.89 Å². The summed E-state index contributed by atoms with van der Waals surface area (Å²) in [6.07, 6.45) is 3.26. The maximum absolute atomic E-state index is 12.1. The van der Waals surface area contributed by atoms with Crippen LogP contribution in [0.2, 0.25) is 19.6 Å². The fourth-order valence-electron chi connectivity index (χ4n) is 3.04. The van der Waals surface area contributed by atoms with Crippen molar-refractivity contribution in [3.05, 3.63) is 29.8 Å². The highest BCUT2D eigenvalue weighted by Gasteiger charge is 2.28. The van der Waals surface area contributed by atoms with Crippen LogP contribution in [0.3, 0.4) is 0 Å². The van der Waals surface area contributed by atoms with E-state index in [4.69, 9.17) is 9.78 Å². The van der Waals surface area contributed by atoms with E-state index in [-0.39, 0.29) is 6.10 Å². The molecule has 4 heteroatoms. The summed E-state index contributed by atoms with van der Waals surface area (Å²) in [5.74, 6) is 0.776. The van der Waals surface area contributed by atoms with Crippen LogP contribution >= 0.6 is 0 Å². The van der Waals surface area contributed by atoms with Crippen molar-refractivity contribution >= 4 is 19.2 Å². The molecule has 1 saturated carbocycles. The average Bonchev–Trinajstić information content (AvgIpc) is 2.45. The number of rotatable bonds is 4. The first-order valence-electron chi connectivity index (χ1n) is 8.25. The summed E-state index contributed by atoms with van der Waals surface area (Å²) in [7, 11) is -1.34. The summed E-state index contributed by atoms with van der Waals surface area (Å²) in [4.78, 5) is 22.6. The van der Waals surface area contributed by atoms with Gasteiger partial charge in [0, 0.05) is 0 Å². The number of carbonyl (C=O) groups excluding carboxylic acids is 1. The van der Waals surface area contributed by atoms with E-state index in [0.717, 1.165) is 25.2 Å². The lowest BCUT2D eigenvalue weighted by Crippen LogP contribution is -2.37. The van der Waals surface area contributed by atoms with Crippen molar-refractivity contribution in [1.29, 1.82) is 0 Å². The monoisotopic (exact) mass is 320 g/mol. The lowest BCUT2D eigenvalue weighted by molar-refractivity contribution is -0.290. The fraction of sp³-hybridized carbons (Fsp3) is 0.611. The van der Waals surface area contributed by atoms with Crippen molar-refractivity contribution in [2.45, 2.75) is 58.9 Å². The predicted octanol–water partition coefficient (Wildman–Crippen LogP) is 4.14. The highest BCUT2D eigenvalue weighted by molar-refractivity contribution is 6.88. The fourth-order valence-corrected chi connectivity index (χ4v) is 4.21. The smallest absolute Gasteiger partial charge is 0.293 e. The minimum absolute atomic E-state index is 0.0291. The number of hydrogen-bond acceptors (Lipinski definition) is 3. The molecule has 1 fully saturated rings. The molecule has 0 aliphatic heterocycles. The molecule has 2 rings (SSSR count). The van der Waals surface area contributed by atoms with Gasteiger partial charge in [-0.05, 0) is 43.2 Å². The van der Waals surface area contributed by atoms with Crippen LogP contribution in [0.1, 0.15) is 43.5 Å². The molecule has 3 unspecified atom stereocenters. The van der Waals surface area contributed by atoms with E-state index < -0.39 is 14.0 Å². The van der Waals surface area contributed by atoms with Crippen LogP contribution in [0.4, 0.5) is 0 Å². The van der Waals surface area contributed by atoms with Crippen molar-refractivity contribution < 1.29 is 14.6 Å². The second-order valence-corrected chi connectivity index (χ2v) is 12.8. The second-order valence-electron chi connectivity index (χ2n) is 7.73. The lowest BCUT2D eigenvalue weighted by atomic mass is 9.81. The third-order valence-electron chi connectivity index (χ3n) is 4.59. The van der Waals surface area contributed by atoms with Crippen LogP contribution < -0.4 is 5.19 Å². The van der Waals surface area contributed by atoms with Crippen LogP contribution in [0.25, 0.3) is 0 Å². The quantitative estimate of drug-likeness (QED) is 0.475. The molecule has 0 amide bonds. The van der Waals surface area contributed by atoms with Crippen LogP contribution in [0.15, 0.2) is 24.3 Å². The Balaban J connectivity index is 1.90. The zero-order valence-electron chi connectivity index (χ0n) is 14.4. The van der Waals surface area contributed by atoms with Crippen LogP contribution in [0, 0.1) is 11.8 Å². The van der Waals surface area contributed by atoms with Crippen molar-refractivity contribution in [2.24, 2.45) is 11.8 Å². The van der Waals surface area contributed by atoms with Crippen LogP contribution in [0.5, 0.6) is 0 Å². The standard InChI is InChI=1S/C18H28O3Si/c1-13-6-11-17(14(2)12-13)20-21-18(19)15-7-9-16(10-8-15)22(3,4)5/h7-10,13-14,17H,6,11-12H2,1-5H3. The second kappa shape index (κ2) is 6.96. The molecule has 0 heterocycles. The first kappa shape index (κ1) is 17.2. The minimum atomic E-state index is -1.34. The van der Waals surface area contributed by atoms with E-state index >= 15 is 0 Å². The van der Waals surface area contributed by atoms with Gasteiger partial charge in [0.1, 0.15) is 6.10 Å². The Bertz CT molecular complexity index is 504. The highest BCUT2D eigenvalue weighted by atomic mass is 28.3. The zero-order chi connectivity index (χ0) is 16.3. The number of carbonyl (C=O) groups is 1. The molecule has 1 aliphatic rings. The summed E-state index contributed by atoms with van der Waals surface area (Å²) in [5.41, 5.74) is 0.554. The van der Waals surface area contributed by atoms with Gasteiger partial charge in [-0.15, -0.1) is 0 Å². The van der Waals surface area contributed by atoms with Crippen molar-refractivity contribution in [1.82, 2.24) is 0 Å². The van der Waals surface area contributed by atoms with E-state index in [1.54, 1.807) is 0 Å². The van der Waals surface area contributed by atoms with Gasteiger partial charge in [0.2, 0.25) is 0 Å². The van der Waals surface area contributed by atoms with E-state index in [1.165, 1.54) is 5.19 Å². The van der Waals surface area contributed by atoms with E-state index in [0.29, 0.717) is 11.5 Å². The Labute approximate surface area is 135 Å². The third kappa shape index (κ3) is 4.43. The Morgan fingerprint density at radius 3 is 2.27 bits per heavy atom. The molecule has 0 aromatic heterocycles. The molecule has 1 aliphatic carbocycles. The molecule has 0 bridgehead atoms. The molecule has 22 heavy (non-hydrogen) atoms. The zero-order valence-corrected chi connectivity index (χ0v) is 15.4.